The van der Waals surface area contributed by atoms with Gasteiger partial charge in [0.25, 0.3) is 0 Å². The summed E-state index contributed by atoms with van der Waals surface area (Å²) in [5, 5.41) is 0. The van der Waals surface area contributed by atoms with Crippen molar-refractivity contribution in [1.82, 2.24) is 9.97 Å². The molecule has 0 unspecified atom stereocenters. The number of nitrogens with zero attached hydrogens (tertiary/aromatic N) is 2. The number of rotatable bonds is 1. The molecule has 0 aliphatic rings. The summed E-state index contributed by atoms with van der Waals surface area (Å²) in [5.74, 6) is 0.758. The zero-order chi connectivity index (χ0) is 9.14. The maximum absolute atomic E-state index is 4.23. The average molecular weight is 180 g/mol. The van der Waals surface area contributed by atoms with E-state index in [2.05, 4.69) is 22.6 Å². The Balaban J connectivity index is 3.06. The molecule has 12 heavy (non-hydrogen) atoms. The van der Waals surface area contributed by atoms with Crippen molar-refractivity contribution in [3.05, 3.63) is 28.7 Å². The molecule has 0 amide bonds. The smallest absolute Gasteiger partial charge is 0.155 e. The van der Waals surface area contributed by atoms with Crippen LogP contribution in [0.25, 0.3) is 5.57 Å². The SMILES string of the molecule is C/C(S)=C(/C)c1ncc(C)cn1. The molecule has 3 heteroatoms. The molecule has 0 saturated carbocycles. The highest BCUT2D eigenvalue weighted by Gasteiger charge is 1.99. The summed E-state index contributed by atoms with van der Waals surface area (Å²) < 4.78 is 0. The van der Waals surface area contributed by atoms with Gasteiger partial charge < -0.3 is 0 Å². The Bertz CT molecular complexity index is 297. The van der Waals surface area contributed by atoms with E-state index in [-0.39, 0.29) is 0 Å². The summed E-state index contributed by atoms with van der Waals surface area (Å²) in [6, 6.07) is 0. The normalized spacial score (nSPS) is 12.7. The molecule has 0 spiro atoms. The molecule has 0 saturated heterocycles. The molecule has 0 bridgehead atoms. The molecular formula is C9H12N2S. The lowest BCUT2D eigenvalue weighted by molar-refractivity contribution is 1.08. The first-order chi connectivity index (χ1) is 5.61. The minimum atomic E-state index is 0.758. The molecule has 0 aliphatic carbocycles. The minimum absolute atomic E-state index is 0.758. The summed E-state index contributed by atoms with van der Waals surface area (Å²) in [6.07, 6.45) is 3.62. The van der Waals surface area contributed by atoms with Gasteiger partial charge in [0.15, 0.2) is 5.82 Å². The third-order valence-corrected chi connectivity index (χ3v) is 1.99. The molecular weight excluding hydrogens is 168 g/mol. The predicted molar refractivity (Wildman–Crippen MR) is 54.0 cm³/mol. The van der Waals surface area contributed by atoms with Crippen LogP contribution in [0.1, 0.15) is 25.2 Å². The Labute approximate surface area is 78.2 Å². The van der Waals surface area contributed by atoms with Gasteiger partial charge in [-0.25, -0.2) is 9.97 Å². The lowest BCUT2D eigenvalue weighted by Crippen LogP contribution is -1.92. The highest BCUT2D eigenvalue weighted by Crippen LogP contribution is 2.15. The second-order valence-corrected chi connectivity index (χ2v) is 3.47. The molecule has 64 valence electrons. The predicted octanol–water partition coefficient (Wildman–Crippen LogP) is 2.47. The van der Waals surface area contributed by atoms with Crippen molar-refractivity contribution in [2.45, 2.75) is 20.8 Å². The summed E-state index contributed by atoms with van der Waals surface area (Å²) in [6.45, 7) is 5.87. The highest BCUT2D eigenvalue weighted by molar-refractivity contribution is 7.84. The van der Waals surface area contributed by atoms with Gasteiger partial charge in [0.1, 0.15) is 0 Å². The monoisotopic (exact) mass is 180 g/mol. The van der Waals surface area contributed by atoms with Gasteiger partial charge in [0.05, 0.1) is 0 Å². The van der Waals surface area contributed by atoms with Crippen LogP contribution in [0.4, 0.5) is 0 Å². The van der Waals surface area contributed by atoms with Gasteiger partial charge in [0.2, 0.25) is 0 Å². The topological polar surface area (TPSA) is 25.8 Å². The molecule has 2 nitrogen and oxygen atoms in total. The van der Waals surface area contributed by atoms with Gasteiger partial charge in [-0.05, 0) is 31.2 Å². The minimum Gasteiger partial charge on any atom is -0.237 e. The first-order valence-corrected chi connectivity index (χ1v) is 4.21. The molecule has 1 rings (SSSR count). The number of allylic oxidation sites excluding steroid dienone is 2. The Morgan fingerprint density at radius 3 is 2.17 bits per heavy atom. The van der Waals surface area contributed by atoms with Gasteiger partial charge in [-0.1, -0.05) is 0 Å². The third-order valence-electron chi connectivity index (χ3n) is 1.66. The lowest BCUT2D eigenvalue weighted by atomic mass is 10.2. The quantitative estimate of drug-likeness (QED) is 0.672. The van der Waals surface area contributed by atoms with Gasteiger partial charge in [-0.2, -0.15) is 0 Å². The zero-order valence-electron chi connectivity index (χ0n) is 7.50. The fraction of sp³-hybridized carbons (Fsp3) is 0.333. The van der Waals surface area contributed by atoms with Crippen LogP contribution in [0.2, 0.25) is 0 Å². The maximum atomic E-state index is 4.23. The molecule has 0 N–H and O–H groups in total. The summed E-state index contributed by atoms with van der Waals surface area (Å²) in [7, 11) is 0. The van der Waals surface area contributed by atoms with E-state index in [0.29, 0.717) is 0 Å². The van der Waals surface area contributed by atoms with Gasteiger partial charge in [0, 0.05) is 18.0 Å². The van der Waals surface area contributed by atoms with Gasteiger partial charge in [-0.3, -0.25) is 0 Å². The van der Waals surface area contributed by atoms with Crippen molar-refractivity contribution in [1.29, 1.82) is 0 Å². The molecule has 1 aromatic heterocycles. The van der Waals surface area contributed by atoms with E-state index in [1.807, 2.05) is 33.2 Å². The zero-order valence-corrected chi connectivity index (χ0v) is 8.39. The summed E-state index contributed by atoms with van der Waals surface area (Å²) in [4.78, 5) is 9.32. The van der Waals surface area contributed by atoms with Gasteiger partial charge >= 0.3 is 0 Å². The van der Waals surface area contributed by atoms with Crippen molar-refractivity contribution >= 4 is 18.2 Å². The van der Waals surface area contributed by atoms with Crippen LogP contribution in [0.5, 0.6) is 0 Å². The van der Waals surface area contributed by atoms with Crippen molar-refractivity contribution in [2.75, 3.05) is 0 Å². The van der Waals surface area contributed by atoms with Gasteiger partial charge in [-0.15, -0.1) is 12.6 Å². The number of hydrogen-bond donors (Lipinski definition) is 1. The fourth-order valence-corrected chi connectivity index (χ4v) is 0.848. The van der Waals surface area contributed by atoms with Crippen LogP contribution >= 0.6 is 12.6 Å². The molecule has 0 fully saturated rings. The second-order valence-electron chi connectivity index (χ2n) is 2.79. The Hall–Kier alpha value is -0.830. The van der Waals surface area contributed by atoms with E-state index in [9.17, 15) is 0 Å². The van der Waals surface area contributed by atoms with Crippen LogP contribution in [0.15, 0.2) is 17.3 Å². The summed E-state index contributed by atoms with van der Waals surface area (Å²) in [5.41, 5.74) is 2.10. The van der Waals surface area contributed by atoms with Crippen molar-refractivity contribution < 1.29 is 0 Å². The Kier molecular flexibility index (Phi) is 2.87. The fourth-order valence-electron chi connectivity index (χ4n) is 0.748. The number of aryl methyl sites for hydroxylation is 1. The van der Waals surface area contributed by atoms with Crippen LogP contribution in [-0.4, -0.2) is 9.97 Å². The highest BCUT2D eigenvalue weighted by atomic mass is 32.1. The third kappa shape index (κ3) is 2.08. The summed E-state index contributed by atoms with van der Waals surface area (Å²) >= 11 is 4.23. The van der Waals surface area contributed by atoms with E-state index in [0.717, 1.165) is 21.9 Å². The molecule has 0 aromatic carbocycles. The van der Waals surface area contributed by atoms with Crippen LogP contribution < -0.4 is 0 Å². The van der Waals surface area contributed by atoms with Crippen molar-refractivity contribution in [3.8, 4) is 0 Å². The molecule has 1 heterocycles. The maximum Gasteiger partial charge on any atom is 0.155 e. The van der Waals surface area contributed by atoms with Crippen LogP contribution in [0.3, 0.4) is 0 Å². The number of thiol groups is 1. The van der Waals surface area contributed by atoms with E-state index in [4.69, 9.17) is 0 Å². The Morgan fingerprint density at radius 2 is 1.75 bits per heavy atom. The lowest BCUT2D eigenvalue weighted by Gasteiger charge is -2.00. The largest absolute Gasteiger partial charge is 0.237 e. The van der Waals surface area contributed by atoms with E-state index in [1.165, 1.54) is 0 Å². The van der Waals surface area contributed by atoms with Crippen LogP contribution in [0, 0.1) is 6.92 Å². The standard InChI is InChI=1S/C9H12N2S/c1-6-4-10-9(11-5-6)7(2)8(3)12/h4-5,12H,1-3H3/b8-7+. The van der Waals surface area contributed by atoms with E-state index >= 15 is 0 Å². The first-order valence-electron chi connectivity index (χ1n) is 3.76. The van der Waals surface area contributed by atoms with Crippen molar-refractivity contribution in [2.24, 2.45) is 0 Å². The molecule has 0 radical (unpaired) electrons. The second kappa shape index (κ2) is 3.72. The average Bonchev–Trinajstić information content (AvgIpc) is 2.04. The van der Waals surface area contributed by atoms with E-state index in [1.54, 1.807) is 0 Å². The van der Waals surface area contributed by atoms with Crippen molar-refractivity contribution in [3.63, 3.8) is 0 Å². The Morgan fingerprint density at radius 1 is 1.25 bits per heavy atom. The number of aromatic nitrogens is 2. The first kappa shape index (κ1) is 9.26. The molecule has 1 aromatic rings. The number of hydrogen-bond acceptors (Lipinski definition) is 3. The molecule has 0 aliphatic heterocycles. The van der Waals surface area contributed by atoms with Crippen LogP contribution in [-0.2, 0) is 0 Å². The van der Waals surface area contributed by atoms with E-state index < -0.39 is 0 Å². The molecule has 0 atom stereocenters.